The molecule has 0 atom stereocenters. The molecular formula is C14H9Cl2F3O4. The zero-order valence-corrected chi connectivity index (χ0v) is 12.8. The molecule has 0 aliphatic heterocycles. The van der Waals surface area contributed by atoms with Crippen LogP contribution in [0.4, 0.5) is 13.2 Å². The van der Waals surface area contributed by atoms with Crippen LogP contribution in [0.25, 0.3) is 0 Å². The molecule has 0 aliphatic rings. The largest absolute Gasteiger partial charge is 0.484 e. The number of rotatable bonds is 5. The summed E-state index contributed by atoms with van der Waals surface area (Å²) in [6.07, 6.45) is -4.60. The van der Waals surface area contributed by atoms with Gasteiger partial charge in [0, 0.05) is 5.02 Å². The van der Waals surface area contributed by atoms with Crippen molar-refractivity contribution in [1.29, 1.82) is 0 Å². The quantitative estimate of drug-likeness (QED) is 0.705. The molecule has 2 aromatic rings. The van der Waals surface area contributed by atoms with Crippen LogP contribution in [0.2, 0.25) is 10.0 Å². The highest BCUT2D eigenvalue weighted by molar-refractivity contribution is 6.35. The lowest BCUT2D eigenvalue weighted by Gasteiger charge is -2.07. The molecule has 4 nitrogen and oxygen atoms in total. The van der Waals surface area contributed by atoms with E-state index >= 15 is 0 Å². The van der Waals surface area contributed by atoms with Crippen molar-refractivity contribution in [1.82, 2.24) is 0 Å². The second-order valence-electron chi connectivity index (χ2n) is 4.32. The standard InChI is InChI=1S/C14H9Cl2F3O4/c15-8-1-3-11(10(16)5-8)21-6-9-2-4-12(23-9)13(20)22-7-14(17,18)19/h1-5H,6-7H2. The molecule has 0 spiro atoms. The van der Waals surface area contributed by atoms with Crippen LogP contribution in [-0.2, 0) is 11.3 Å². The minimum atomic E-state index is -4.60. The van der Waals surface area contributed by atoms with E-state index in [9.17, 15) is 18.0 Å². The highest BCUT2D eigenvalue weighted by atomic mass is 35.5. The van der Waals surface area contributed by atoms with Crippen molar-refractivity contribution >= 4 is 29.2 Å². The van der Waals surface area contributed by atoms with Gasteiger partial charge in [-0.15, -0.1) is 0 Å². The maximum Gasteiger partial charge on any atom is 0.422 e. The molecule has 0 bridgehead atoms. The summed E-state index contributed by atoms with van der Waals surface area (Å²) in [4.78, 5) is 11.4. The maximum absolute atomic E-state index is 12.0. The third-order valence-corrected chi connectivity index (χ3v) is 3.02. The molecule has 2 rings (SSSR count). The van der Waals surface area contributed by atoms with Crippen molar-refractivity contribution in [3.8, 4) is 5.75 Å². The zero-order valence-electron chi connectivity index (χ0n) is 11.3. The number of ether oxygens (including phenoxy) is 2. The Morgan fingerprint density at radius 3 is 2.57 bits per heavy atom. The van der Waals surface area contributed by atoms with Crippen LogP contribution in [0.15, 0.2) is 34.7 Å². The van der Waals surface area contributed by atoms with Gasteiger partial charge >= 0.3 is 12.1 Å². The van der Waals surface area contributed by atoms with Gasteiger partial charge in [0.05, 0.1) is 5.02 Å². The fraction of sp³-hybridized carbons (Fsp3) is 0.214. The third-order valence-electron chi connectivity index (χ3n) is 2.49. The Labute approximate surface area is 138 Å². The lowest BCUT2D eigenvalue weighted by Crippen LogP contribution is -2.20. The van der Waals surface area contributed by atoms with E-state index in [4.69, 9.17) is 32.4 Å². The molecule has 0 N–H and O–H groups in total. The van der Waals surface area contributed by atoms with E-state index in [1.807, 2.05) is 0 Å². The van der Waals surface area contributed by atoms with Gasteiger partial charge in [-0.2, -0.15) is 13.2 Å². The lowest BCUT2D eigenvalue weighted by atomic mass is 10.3. The van der Waals surface area contributed by atoms with Crippen molar-refractivity contribution in [3.05, 3.63) is 51.9 Å². The predicted octanol–water partition coefficient (Wildman–Crippen LogP) is 4.88. The Morgan fingerprint density at radius 2 is 1.91 bits per heavy atom. The van der Waals surface area contributed by atoms with Gasteiger partial charge in [0.25, 0.3) is 0 Å². The second kappa shape index (κ2) is 7.14. The summed E-state index contributed by atoms with van der Waals surface area (Å²) >= 11 is 11.7. The molecule has 0 saturated heterocycles. The molecule has 0 saturated carbocycles. The number of halogens is 5. The van der Waals surface area contributed by atoms with Crippen molar-refractivity contribution in [2.45, 2.75) is 12.8 Å². The minimum Gasteiger partial charge on any atom is -0.484 e. The van der Waals surface area contributed by atoms with Gasteiger partial charge in [0.15, 0.2) is 6.61 Å². The number of alkyl halides is 3. The summed E-state index contributed by atoms with van der Waals surface area (Å²) < 4.78 is 50.4. The number of furan rings is 1. The molecule has 0 aliphatic carbocycles. The molecule has 1 heterocycles. The van der Waals surface area contributed by atoms with Crippen LogP contribution < -0.4 is 4.74 Å². The Morgan fingerprint density at radius 1 is 1.17 bits per heavy atom. The summed E-state index contributed by atoms with van der Waals surface area (Å²) in [5, 5.41) is 0.726. The average Bonchev–Trinajstić information content (AvgIpc) is 2.92. The van der Waals surface area contributed by atoms with Gasteiger partial charge < -0.3 is 13.9 Å². The van der Waals surface area contributed by atoms with E-state index in [-0.39, 0.29) is 23.2 Å². The highest BCUT2D eigenvalue weighted by Crippen LogP contribution is 2.28. The SMILES string of the molecule is O=C(OCC(F)(F)F)c1ccc(COc2ccc(Cl)cc2Cl)o1. The van der Waals surface area contributed by atoms with Crippen LogP contribution in [0.5, 0.6) is 5.75 Å². The predicted molar refractivity (Wildman–Crippen MR) is 75.8 cm³/mol. The van der Waals surface area contributed by atoms with Crippen LogP contribution >= 0.6 is 23.2 Å². The van der Waals surface area contributed by atoms with E-state index in [2.05, 4.69) is 4.74 Å². The van der Waals surface area contributed by atoms with Crippen molar-refractivity contribution in [3.63, 3.8) is 0 Å². The number of esters is 1. The first kappa shape index (κ1) is 17.5. The molecule has 23 heavy (non-hydrogen) atoms. The van der Waals surface area contributed by atoms with E-state index < -0.39 is 18.8 Å². The molecule has 0 amide bonds. The molecule has 0 radical (unpaired) electrons. The van der Waals surface area contributed by atoms with E-state index in [1.165, 1.54) is 18.2 Å². The molecule has 0 fully saturated rings. The summed E-state index contributed by atoms with van der Waals surface area (Å²) in [6, 6.07) is 7.19. The summed E-state index contributed by atoms with van der Waals surface area (Å²) in [6.45, 7) is -1.76. The Balaban J connectivity index is 1.93. The van der Waals surface area contributed by atoms with Gasteiger partial charge in [-0.1, -0.05) is 23.2 Å². The average molecular weight is 369 g/mol. The van der Waals surface area contributed by atoms with Crippen molar-refractivity contribution in [2.75, 3.05) is 6.61 Å². The van der Waals surface area contributed by atoms with Crippen molar-refractivity contribution < 1.29 is 31.9 Å². The van der Waals surface area contributed by atoms with Crippen LogP contribution in [0.3, 0.4) is 0 Å². The summed E-state index contributed by atoms with van der Waals surface area (Å²) in [5.41, 5.74) is 0. The molecule has 1 aromatic heterocycles. The molecule has 1 aromatic carbocycles. The molecular weight excluding hydrogens is 360 g/mol. The first-order chi connectivity index (χ1) is 10.7. The smallest absolute Gasteiger partial charge is 0.422 e. The van der Waals surface area contributed by atoms with Gasteiger partial charge in [-0.05, 0) is 30.3 Å². The van der Waals surface area contributed by atoms with Crippen molar-refractivity contribution in [2.24, 2.45) is 0 Å². The molecule has 124 valence electrons. The topological polar surface area (TPSA) is 48.7 Å². The van der Waals surface area contributed by atoms with Crippen LogP contribution in [0.1, 0.15) is 16.3 Å². The fourth-order valence-corrected chi connectivity index (χ4v) is 1.99. The Hall–Kier alpha value is -1.86. The minimum absolute atomic E-state index is 0.0755. The first-order valence-corrected chi connectivity index (χ1v) is 6.90. The third kappa shape index (κ3) is 5.37. The number of hydrogen-bond acceptors (Lipinski definition) is 4. The fourth-order valence-electron chi connectivity index (χ4n) is 1.52. The van der Waals surface area contributed by atoms with Gasteiger partial charge in [0.1, 0.15) is 18.1 Å². The van der Waals surface area contributed by atoms with E-state index in [0.717, 1.165) is 0 Å². The highest BCUT2D eigenvalue weighted by Gasteiger charge is 2.30. The number of carbonyl (C=O) groups is 1. The Bertz CT molecular complexity index is 698. The number of carbonyl (C=O) groups excluding carboxylic acids is 1. The van der Waals surface area contributed by atoms with Crippen LogP contribution in [-0.4, -0.2) is 18.8 Å². The normalized spacial score (nSPS) is 11.3. The summed E-state index contributed by atoms with van der Waals surface area (Å²) in [5.74, 6) is -1.00. The monoisotopic (exact) mass is 368 g/mol. The zero-order chi connectivity index (χ0) is 17.0. The van der Waals surface area contributed by atoms with Gasteiger partial charge in [0.2, 0.25) is 5.76 Å². The van der Waals surface area contributed by atoms with E-state index in [1.54, 1.807) is 12.1 Å². The second-order valence-corrected chi connectivity index (χ2v) is 5.16. The molecule has 9 heteroatoms. The maximum atomic E-state index is 12.0. The number of hydrogen-bond donors (Lipinski definition) is 0. The first-order valence-electron chi connectivity index (χ1n) is 6.15. The number of benzene rings is 1. The molecule has 0 unspecified atom stereocenters. The Kier molecular flexibility index (Phi) is 5.43. The van der Waals surface area contributed by atoms with Gasteiger partial charge in [-0.3, -0.25) is 0 Å². The van der Waals surface area contributed by atoms with E-state index in [0.29, 0.717) is 10.8 Å². The summed E-state index contributed by atoms with van der Waals surface area (Å²) in [7, 11) is 0. The van der Waals surface area contributed by atoms with Crippen LogP contribution in [0, 0.1) is 0 Å². The van der Waals surface area contributed by atoms with Gasteiger partial charge in [-0.25, -0.2) is 4.79 Å². The lowest BCUT2D eigenvalue weighted by molar-refractivity contribution is -0.161.